The van der Waals surface area contributed by atoms with E-state index in [0.717, 1.165) is 0 Å². The van der Waals surface area contributed by atoms with Crippen molar-refractivity contribution in [2.75, 3.05) is 0 Å². The molecule has 0 aliphatic carbocycles. The molecule has 0 bridgehead atoms. The van der Waals surface area contributed by atoms with Crippen LogP contribution in [0.5, 0.6) is 5.75 Å². The molecule has 2 nitrogen and oxygen atoms in total. The number of benzene rings is 2. The van der Waals surface area contributed by atoms with E-state index in [1.165, 1.54) is 24.3 Å². The smallest absolute Gasteiger partial charge is 0.416 e. The number of carbonyl (C=O) groups excluding carboxylic acids is 1. The molecule has 8 heteroatoms. The number of rotatable bonds is 2. The van der Waals surface area contributed by atoms with Gasteiger partial charge in [0.25, 0.3) is 0 Å². The second-order valence-electron chi connectivity index (χ2n) is 4.42. The number of ether oxygens (including phenoxy) is 1. The molecule has 0 aromatic heterocycles. The molecule has 2 aromatic rings. The Balaban J connectivity index is 2.43. The van der Waals surface area contributed by atoms with Gasteiger partial charge in [0.15, 0.2) is 0 Å². The molecule has 0 aliphatic heterocycles. The standard InChI is InChI=1S/C15H7F6O2/c16-14(17,18)10-6-9(7-11(8-10)15(19,20)21)13(22)23-12-4-2-1-3-5-12/h2-8H. The third kappa shape index (κ3) is 4.24. The molecule has 0 unspecified atom stereocenters. The quantitative estimate of drug-likeness (QED) is 0.451. The van der Waals surface area contributed by atoms with E-state index in [4.69, 9.17) is 4.74 Å². The molecule has 0 heterocycles. The van der Waals surface area contributed by atoms with Crippen molar-refractivity contribution in [2.24, 2.45) is 0 Å². The lowest BCUT2D eigenvalue weighted by atomic mass is 10.0. The van der Waals surface area contributed by atoms with Crippen LogP contribution in [0, 0.1) is 6.07 Å². The van der Waals surface area contributed by atoms with E-state index in [0.29, 0.717) is 12.1 Å². The largest absolute Gasteiger partial charge is 0.423 e. The maximum absolute atomic E-state index is 12.7. The average molecular weight is 333 g/mol. The van der Waals surface area contributed by atoms with Crippen LogP contribution in [0.3, 0.4) is 0 Å². The van der Waals surface area contributed by atoms with E-state index in [2.05, 4.69) is 6.07 Å². The second kappa shape index (κ2) is 5.94. The van der Waals surface area contributed by atoms with Gasteiger partial charge in [0.2, 0.25) is 0 Å². The molecule has 0 atom stereocenters. The number of esters is 1. The Kier molecular flexibility index (Phi) is 4.35. The molecule has 23 heavy (non-hydrogen) atoms. The van der Waals surface area contributed by atoms with Gasteiger partial charge in [0, 0.05) is 0 Å². The van der Waals surface area contributed by atoms with Gasteiger partial charge in [0.05, 0.1) is 16.7 Å². The fourth-order valence-corrected chi connectivity index (χ4v) is 1.68. The molecule has 0 saturated carbocycles. The van der Waals surface area contributed by atoms with Crippen LogP contribution < -0.4 is 4.74 Å². The van der Waals surface area contributed by atoms with Gasteiger partial charge in [-0.05, 0) is 36.4 Å². The summed E-state index contributed by atoms with van der Waals surface area (Å²) in [6.07, 6.45) is -10.1. The Hall–Kier alpha value is -2.51. The summed E-state index contributed by atoms with van der Waals surface area (Å²) in [6.45, 7) is 0. The lowest BCUT2D eigenvalue weighted by Gasteiger charge is -2.13. The first-order valence-corrected chi connectivity index (χ1v) is 6.05. The van der Waals surface area contributed by atoms with Crippen LogP contribution in [0.15, 0.2) is 42.5 Å². The van der Waals surface area contributed by atoms with Crippen LogP contribution in [0.25, 0.3) is 0 Å². The number of hydrogen-bond acceptors (Lipinski definition) is 2. The minimum Gasteiger partial charge on any atom is -0.423 e. The van der Waals surface area contributed by atoms with Crippen LogP contribution in [-0.4, -0.2) is 5.97 Å². The van der Waals surface area contributed by atoms with Gasteiger partial charge in [-0.2, -0.15) is 26.3 Å². The first-order chi connectivity index (χ1) is 10.6. The van der Waals surface area contributed by atoms with Crippen LogP contribution in [0.1, 0.15) is 21.5 Å². The SMILES string of the molecule is O=C(Oc1cc[c]cc1)c1cc(C(F)(F)F)cc(C(F)(F)F)c1. The highest BCUT2D eigenvalue weighted by atomic mass is 19.4. The molecule has 0 fully saturated rings. The highest BCUT2D eigenvalue weighted by Crippen LogP contribution is 2.36. The predicted molar refractivity (Wildman–Crippen MR) is 66.7 cm³/mol. The van der Waals surface area contributed by atoms with E-state index in [1.54, 1.807) is 0 Å². The zero-order valence-corrected chi connectivity index (χ0v) is 11.1. The monoisotopic (exact) mass is 333 g/mol. The van der Waals surface area contributed by atoms with Crippen molar-refractivity contribution in [1.82, 2.24) is 0 Å². The summed E-state index contributed by atoms with van der Waals surface area (Å²) < 4.78 is 81.0. The highest BCUT2D eigenvalue weighted by Gasteiger charge is 2.37. The molecule has 0 amide bonds. The molecule has 0 N–H and O–H groups in total. The van der Waals surface area contributed by atoms with Gasteiger partial charge in [-0.1, -0.05) is 12.1 Å². The summed E-state index contributed by atoms with van der Waals surface area (Å²) >= 11 is 0. The fourth-order valence-electron chi connectivity index (χ4n) is 1.68. The first kappa shape index (κ1) is 16.9. The Labute approximate surface area is 126 Å². The molecule has 2 aromatic carbocycles. The lowest BCUT2D eigenvalue weighted by molar-refractivity contribution is -0.143. The third-order valence-corrected chi connectivity index (χ3v) is 2.72. The number of carbonyl (C=O) groups is 1. The van der Waals surface area contributed by atoms with Gasteiger partial charge >= 0.3 is 18.3 Å². The number of hydrogen-bond donors (Lipinski definition) is 0. The fraction of sp³-hybridized carbons (Fsp3) is 0.133. The van der Waals surface area contributed by atoms with Crippen LogP contribution in [0.4, 0.5) is 26.3 Å². The Morgan fingerprint density at radius 3 is 1.78 bits per heavy atom. The maximum Gasteiger partial charge on any atom is 0.416 e. The predicted octanol–water partition coefficient (Wildman–Crippen LogP) is 4.74. The molecule has 2 rings (SSSR count). The molecule has 1 radical (unpaired) electrons. The first-order valence-electron chi connectivity index (χ1n) is 6.05. The molecule has 121 valence electrons. The summed E-state index contributed by atoms with van der Waals surface area (Å²) in [5.74, 6) is -1.35. The molecular weight excluding hydrogens is 326 g/mol. The van der Waals surface area contributed by atoms with Crippen LogP contribution >= 0.6 is 0 Å². The molecular formula is C15H7F6O2. The topological polar surface area (TPSA) is 26.3 Å². The lowest BCUT2D eigenvalue weighted by Crippen LogP contribution is -2.15. The van der Waals surface area contributed by atoms with Crippen LogP contribution in [0.2, 0.25) is 0 Å². The number of halogens is 6. The zero-order chi connectivity index (χ0) is 17.3. The van der Waals surface area contributed by atoms with E-state index < -0.39 is 35.0 Å². The summed E-state index contributed by atoms with van der Waals surface area (Å²) in [7, 11) is 0. The van der Waals surface area contributed by atoms with Crippen molar-refractivity contribution in [3.05, 3.63) is 65.2 Å². The van der Waals surface area contributed by atoms with E-state index >= 15 is 0 Å². The van der Waals surface area contributed by atoms with E-state index in [1.807, 2.05) is 0 Å². The van der Waals surface area contributed by atoms with Gasteiger partial charge in [-0.15, -0.1) is 0 Å². The van der Waals surface area contributed by atoms with E-state index in [9.17, 15) is 31.1 Å². The Morgan fingerprint density at radius 1 is 0.870 bits per heavy atom. The normalized spacial score (nSPS) is 12.1. The minimum atomic E-state index is -5.03. The zero-order valence-electron chi connectivity index (χ0n) is 11.1. The Bertz CT molecular complexity index is 672. The van der Waals surface area contributed by atoms with Gasteiger partial charge < -0.3 is 4.74 Å². The molecule has 0 spiro atoms. The summed E-state index contributed by atoms with van der Waals surface area (Å²) in [5.41, 5.74) is -4.01. The summed E-state index contributed by atoms with van der Waals surface area (Å²) in [4.78, 5) is 11.8. The van der Waals surface area contributed by atoms with Crippen molar-refractivity contribution >= 4 is 5.97 Å². The summed E-state index contributed by atoms with van der Waals surface area (Å²) in [5, 5.41) is 0. The van der Waals surface area contributed by atoms with Crippen molar-refractivity contribution in [2.45, 2.75) is 12.4 Å². The highest BCUT2D eigenvalue weighted by molar-refractivity contribution is 5.91. The molecule has 0 aliphatic rings. The second-order valence-corrected chi connectivity index (χ2v) is 4.42. The van der Waals surface area contributed by atoms with Crippen LogP contribution in [-0.2, 0) is 12.4 Å². The van der Waals surface area contributed by atoms with Gasteiger partial charge in [0.1, 0.15) is 5.75 Å². The third-order valence-electron chi connectivity index (χ3n) is 2.72. The van der Waals surface area contributed by atoms with Crippen molar-refractivity contribution < 1.29 is 35.9 Å². The van der Waals surface area contributed by atoms with Gasteiger partial charge in [-0.25, -0.2) is 4.79 Å². The van der Waals surface area contributed by atoms with Crippen molar-refractivity contribution in [1.29, 1.82) is 0 Å². The van der Waals surface area contributed by atoms with Crippen molar-refractivity contribution in [3.8, 4) is 5.75 Å². The van der Waals surface area contributed by atoms with Gasteiger partial charge in [-0.3, -0.25) is 0 Å². The minimum absolute atomic E-state index is 0.0280. The molecule has 0 saturated heterocycles. The average Bonchev–Trinajstić information content (AvgIpc) is 2.46. The van der Waals surface area contributed by atoms with E-state index in [-0.39, 0.29) is 11.8 Å². The Morgan fingerprint density at radius 2 is 1.35 bits per heavy atom. The summed E-state index contributed by atoms with van der Waals surface area (Å²) in [6, 6.07) is 8.50. The number of alkyl halides is 6. The van der Waals surface area contributed by atoms with Crippen molar-refractivity contribution in [3.63, 3.8) is 0 Å². The maximum atomic E-state index is 12.7.